The van der Waals surface area contributed by atoms with Crippen molar-refractivity contribution in [1.82, 2.24) is 0 Å². The molecule has 0 bridgehead atoms. The number of carbonyl (C=O) groups is 2. The van der Waals surface area contributed by atoms with Crippen molar-refractivity contribution < 1.29 is 43.1 Å². The molecular weight excluding hydrogens is 348 g/mol. The van der Waals surface area contributed by atoms with Crippen molar-refractivity contribution >= 4 is 11.9 Å². The Bertz CT molecular complexity index is 541. The second-order valence-electron chi connectivity index (χ2n) is 7.02. The summed E-state index contributed by atoms with van der Waals surface area (Å²) in [5.74, 6) is -1.09. The first kappa shape index (κ1) is 17.9. The van der Waals surface area contributed by atoms with Gasteiger partial charge in [-0.25, -0.2) is 9.59 Å². The van der Waals surface area contributed by atoms with Gasteiger partial charge >= 0.3 is 11.9 Å². The van der Waals surface area contributed by atoms with Gasteiger partial charge in [0.25, 0.3) is 0 Å². The third-order valence-electron chi connectivity index (χ3n) is 5.13. The molecule has 0 aromatic carbocycles. The van der Waals surface area contributed by atoms with E-state index in [4.69, 9.17) is 28.4 Å². The molecule has 1 N–H and O–H groups in total. The lowest BCUT2D eigenvalue weighted by Crippen LogP contribution is -2.34. The van der Waals surface area contributed by atoms with Crippen LogP contribution in [0.5, 0.6) is 0 Å². The highest BCUT2D eigenvalue weighted by molar-refractivity contribution is 5.91. The molecule has 4 rings (SSSR count). The molecule has 0 aliphatic carbocycles. The number of carbonyl (C=O) groups excluding carboxylic acids is 2. The fourth-order valence-corrected chi connectivity index (χ4v) is 3.81. The minimum absolute atomic E-state index is 0.0566. The molecule has 0 radical (unpaired) electrons. The molecule has 4 saturated heterocycles. The van der Waals surface area contributed by atoms with E-state index in [9.17, 15) is 14.7 Å². The smallest absolute Gasteiger partial charge is 0.331 e. The summed E-state index contributed by atoms with van der Waals surface area (Å²) in [6.45, 7) is 3.18. The maximum atomic E-state index is 11.9. The number of aliphatic hydroxyl groups excluding tert-OH is 1. The Hall–Kier alpha value is -1.52. The molecule has 144 valence electrons. The summed E-state index contributed by atoms with van der Waals surface area (Å²) in [4.78, 5) is 23.8. The van der Waals surface area contributed by atoms with E-state index in [0.29, 0.717) is 6.61 Å². The van der Waals surface area contributed by atoms with Gasteiger partial charge in [-0.3, -0.25) is 0 Å². The van der Waals surface area contributed by atoms with Crippen LogP contribution in [-0.4, -0.2) is 86.2 Å². The molecule has 0 unspecified atom stereocenters. The summed E-state index contributed by atoms with van der Waals surface area (Å²) in [7, 11) is 0. The van der Waals surface area contributed by atoms with Gasteiger partial charge in [-0.2, -0.15) is 0 Å². The van der Waals surface area contributed by atoms with Crippen LogP contribution in [0.15, 0.2) is 12.2 Å². The summed E-state index contributed by atoms with van der Waals surface area (Å²) in [6, 6.07) is 0. The first-order chi connectivity index (χ1) is 12.5. The Balaban J connectivity index is 1.24. The first-order valence-electron chi connectivity index (χ1n) is 8.76. The highest BCUT2D eigenvalue weighted by atomic mass is 16.6. The summed E-state index contributed by atoms with van der Waals surface area (Å²) >= 11 is 0. The van der Waals surface area contributed by atoms with Gasteiger partial charge in [0, 0.05) is 18.1 Å². The van der Waals surface area contributed by atoms with Crippen LogP contribution in [0.25, 0.3) is 0 Å². The van der Waals surface area contributed by atoms with Gasteiger partial charge in [-0.05, 0) is 0 Å². The minimum Gasteiger partial charge on any atom is -0.454 e. The van der Waals surface area contributed by atoms with Crippen molar-refractivity contribution in [3.63, 3.8) is 0 Å². The average molecular weight is 370 g/mol. The van der Waals surface area contributed by atoms with Crippen molar-refractivity contribution in [3.8, 4) is 0 Å². The van der Waals surface area contributed by atoms with E-state index in [-0.39, 0.29) is 37.9 Å². The van der Waals surface area contributed by atoms with E-state index >= 15 is 0 Å². The van der Waals surface area contributed by atoms with Crippen LogP contribution in [0.3, 0.4) is 0 Å². The highest BCUT2D eigenvalue weighted by Crippen LogP contribution is 2.32. The molecule has 0 spiro atoms. The van der Waals surface area contributed by atoms with Gasteiger partial charge in [0.2, 0.25) is 0 Å². The normalized spacial score (nSPS) is 44.2. The van der Waals surface area contributed by atoms with Gasteiger partial charge in [0.05, 0.1) is 32.5 Å². The number of ether oxygens (including phenoxy) is 6. The molecule has 8 atom stereocenters. The Morgan fingerprint density at radius 3 is 1.96 bits per heavy atom. The lowest BCUT2D eigenvalue weighted by molar-refractivity contribution is -0.150. The molecular formula is C17H22O9. The number of aliphatic hydroxyl groups is 1. The lowest BCUT2D eigenvalue weighted by atomic mass is 10.0. The predicted molar refractivity (Wildman–Crippen MR) is 83.0 cm³/mol. The van der Waals surface area contributed by atoms with Gasteiger partial charge < -0.3 is 33.5 Å². The third-order valence-corrected chi connectivity index (χ3v) is 5.13. The van der Waals surface area contributed by atoms with Gasteiger partial charge in [0.1, 0.15) is 24.4 Å². The zero-order valence-corrected chi connectivity index (χ0v) is 14.3. The zero-order chi connectivity index (χ0) is 18.3. The maximum Gasteiger partial charge on any atom is 0.331 e. The van der Waals surface area contributed by atoms with Crippen LogP contribution in [0.2, 0.25) is 0 Å². The predicted octanol–water partition coefficient (Wildman–Crippen LogP) is -1.04. The molecule has 0 amide bonds. The van der Waals surface area contributed by atoms with Crippen LogP contribution in [0, 0.1) is 5.92 Å². The van der Waals surface area contributed by atoms with Crippen LogP contribution in [0.4, 0.5) is 0 Å². The average Bonchev–Trinajstić information content (AvgIpc) is 3.35. The number of fused-ring (bicyclic) bond motifs is 2. The van der Waals surface area contributed by atoms with Crippen LogP contribution >= 0.6 is 0 Å². The number of hydrogen-bond acceptors (Lipinski definition) is 9. The summed E-state index contributed by atoms with van der Waals surface area (Å²) in [6.07, 6.45) is -1.05. The van der Waals surface area contributed by atoms with E-state index < -0.39 is 42.5 Å². The fourth-order valence-electron chi connectivity index (χ4n) is 3.81. The second-order valence-corrected chi connectivity index (χ2v) is 7.02. The van der Waals surface area contributed by atoms with E-state index in [2.05, 4.69) is 0 Å². The van der Waals surface area contributed by atoms with Gasteiger partial charge in [-0.15, -0.1) is 0 Å². The highest BCUT2D eigenvalue weighted by Gasteiger charge is 2.49. The molecule has 0 saturated carbocycles. The fraction of sp³-hybridized carbons (Fsp3) is 0.765. The molecule has 4 aliphatic rings. The van der Waals surface area contributed by atoms with Crippen molar-refractivity contribution in [3.05, 3.63) is 12.2 Å². The van der Waals surface area contributed by atoms with E-state index in [0.717, 1.165) is 12.2 Å². The van der Waals surface area contributed by atoms with E-state index in [1.807, 2.05) is 6.92 Å². The monoisotopic (exact) mass is 370 g/mol. The van der Waals surface area contributed by atoms with Crippen LogP contribution in [0.1, 0.15) is 6.92 Å². The quantitative estimate of drug-likeness (QED) is 0.490. The van der Waals surface area contributed by atoms with Crippen molar-refractivity contribution in [2.75, 3.05) is 26.4 Å². The topological polar surface area (TPSA) is 110 Å². The SMILES string of the molecule is C[C@H]1CO[C@H]2[C@@H]1OC[C@@H]2OC(=O)/C=C/C(=O)O[C@H]1CO[C@H]2[C@@H]1OC[C@@H]2O. The van der Waals surface area contributed by atoms with E-state index in [1.54, 1.807) is 0 Å². The van der Waals surface area contributed by atoms with Gasteiger partial charge in [0.15, 0.2) is 12.2 Å². The lowest BCUT2D eigenvalue weighted by Gasteiger charge is -2.16. The standard InChI is InChI=1S/C17H22O9/c1-8-4-21-16-10(6-23-14(8)16)25-12(19)2-3-13(20)26-11-7-24-15-9(18)5-22-17(11)15/h2-3,8-11,14-18H,4-7H2,1H3/b3-2+/t8-,9-,10-,11-,14+,15+,16+,17+/m0/s1. The Kier molecular flexibility index (Phi) is 4.98. The van der Waals surface area contributed by atoms with Crippen molar-refractivity contribution in [2.24, 2.45) is 5.92 Å². The number of hydrogen-bond donors (Lipinski definition) is 1. The second kappa shape index (κ2) is 7.24. The molecule has 4 aliphatic heterocycles. The molecule has 0 aromatic rings. The number of esters is 2. The first-order valence-corrected chi connectivity index (χ1v) is 8.76. The third kappa shape index (κ3) is 3.37. The molecule has 0 aromatic heterocycles. The van der Waals surface area contributed by atoms with Crippen LogP contribution in [-0.2, 0) is 38.0 Å². The summed E-state index contributed by atoms with van der Waals surface area (Å²) in [5, 5.41) is 9.66. The Morgan fingerprint density at radius 2 is 1.31 bits per heavy atom. The molecule has 9 nitrogen and oxygen atoms in total. The number of rotatable bonds is 4. The largest absolute Gasteiger partial charge is 0.454 e. The van der Waals surface area contributed by atoms with Crippen molar-refractivity contribution in [2.45, 2.75) is 49.7 Å². The summed E-state index contributed by atoms with van der Waals surface area (Å²) in [5.41, 5.74) is 0. The van der Waals surface area contributed by atoms with Gasteiger partial charge in [-0.1, -0.05) is 6.92 Å². The van der Waals surface area contributed by atoms with Crippen LogP contribution < -0.4 is 0 Å². The molecule has 9 heteroatoms. The molecule has 4 heterocycles. The Morgan fingerprint density at radius 1 is 0.808 bits per heavy atom. The Labute approximate surface area is 150 Å². The minimum atomic E-state index is -0.716. The maximum absolute atomic E-state index is 11.9. The van der Waals surface area contributed by atoms with Crippen molar-refractivity contribution in [1.29, 1.82) is 0 Å². The summed E-state index contributed by atoms with van der Waals surface area (Å²) < 4.78 is 32.5. The zero-order valence-electron chi connectivity index (χ0n) is 14.3. The molecule has 26 heavy (non-hydrogen) atoms. The molecule has 4 fully saturated rings. The van der Waals surface area contributed by atoms with E-state index in [1.165, 1.54) is 0 Å².